The van der Waals surface area contributed by atoms with Gasteiger partial charge in [-0.1, -0.05) is 29.8 Å². The lowest BCUT2D eigenvalue weighted by Gasteiger charge is -2.35. The van der Waals surface area contributed by atoms with E-state index in [1.165, 1.54) is 17.6 Å². The second kappa shape index (κ2) is 4.16. The molecule has 2 atom stereocenters. The van der Waals surface area contributed by atoms with Crippen molar-refractivity contribution in [2.45, 2.75) is 31.8 Å². The summed E-state index contributed by atoms with van der Waals surface area (Å²) in [6.07, 6.45) is 0. The average molecular weight is 224 g/mol. The van der Waals surface area contributed by atoms with Crippen LogP contribution in [0.1, 0.15) is 25.0 Å². The van der Waals surface area contributed by atoms with Crippen LogP contribution in [0.4, 0.5) is 0 Å². The summed E-state index contributed by atoms with van der Waals surface area (Å²) in [6.45, 7) is 6.87. The molecule has 0 aliphatic carbocycles. The first-order valence-electron chi connectivity index (χ1n) is 5.16. The number of aryl methyl sites for hydroxylation is 1. The van der Waals surface area contributed by atoms with Crippen molar-refractivity contribution in [3.63, 3.8) is 0 Å². The number of benzene rings is 1. The van der Waals surface area contributed by atoms with Crippen molar-refractivity contribution in [1.82, 2.24) is 0 Å². The fourth-order valence-electron chi connectivity index (χ4n) is 1.49. The lowest BCUT2D eigenvalue weighted by molar-refractivity contribution is -0.180. The van der Waals surface area contributed by atoms with Gasteiger partial charge in [-0.3, -0.25) is 4.18 Å². The molecule has 1 saturated heterocycles. The van der Waals surface area contributed by atoms with E-state index in [9.17, 15) is 0 Å². The van der Waals surface area contributed by atoms with Gasteiger partial charge in [-0.25, -0.2) is 0 Å². The molecule has 3 heteroatoms. The largest absolute Gasteiger partial charge is 0.344 e. The fourth-order valence-corrected chi connectivity index (χ4v) is 2.11. The van der Waals surface area contributed by atoms with E-state index in [1.54, 1.807) is 0 Å². The van der Waals surface area contributed by atoms with Crippen molar-refractivity contribution in [2.75, 3.05) is 6.61 Å². The SMILES string of the molecule is Cc1ccc(C2(C)OCC(C)SO2)cc1. The third-order valence-corrected chi connectivity index (χ3v) is 3.42. The topological polar surface area (TPSA) is 18.5 Å². The summed E-state index contributed by atoms with van der Waals surface area (Å²) in [5.41, 5.74) is 2.33. The molecule has 82 valence electrons. The molecular weight excluding hydrogens is 208 g/mol. The molecule has 1 aromatic rings. The van der Waals surface area contributed by atoms with Crippen molar-refractivity contribution in [3.05, 3.63) is 35.4 Å². The molecule has 2 unspecified atom stereocenters. The molecule has 0 spiro atoms. The smallest absolute Gasteiger partial charge is 0.204 e. The van der Waals surface area contributed by atoms with Gasteiger partial charge < -0.3 is 4.74 Å². The third kappa shape index (κ3) is 2.36. The van der Waals surface area contributed by atoms with E-state index in [-0.39, 0.29) is 0 Å². The molecule has 1 aromatic carbocycles. The van der Waals surface area contributed by atoms with Crippen LogP contribution in [0.15, 0.2) is 24.3 Å². The molecule has 2 rings (SSSR count). The van der Waals surface area contributed by atoms with Gasteiger partial charge >= 0.3 is 0 Å². The minimum absolute atomic E-state index is 0.406. The minimum Gasteiger partial charge on any atom is -0.344 e. The minimum atomic E-state index is -0.592. The van der Waals surface area contributed by atoms with Gasteiger partial charge in [-0.15, -0.1) is 0 Å². The van der Waals surface area contributed by atoms with Crippen LogP contribution in [0, 0.1) is 6.92 Å². The van der Waals surface area contributed by atoms with E-state index in [0.717, 1.165) is 12.2 Å². The molecule has 0 radical (unpaired) electrons. The number of rotatable bonds is 1. The maximum absolute atomic E-state index is 5.76. The van der Waals surface area contributed by atoms with Crippen LogP contribution in [0.3, 0.4) is 0 Å². The molecule has 1 aliphatic rings. The lowest BCUT2D eigenvalue weighted by Crippen LogP contribution is -2.34. The standard InChI is InChI=1S/C12H16O2S/c1-9-4-6-11(7-5-9)12(3)13-8-10(2)15-14-12/h4-7,10H,8H2,1-3H3. The average Bonchev–Trinajstić information content (AvgIpc) is 2.24. The Morgan fingerprint density at radius 2 is 2.00 bits per heavy atom. The first kappa shape index (κ1) is 11.0. The summed E-state index contributed by atoms with van der Waals surface area (Å²) in [4.78, 5) is 0. The molecule has 2 nitrogen and oxygen atoms in total. The van der Waals surface area contributed by atoms with Gasteiger partial charge in [0.2, 0.25) is 5.79 Å². The van der Waals surface area contributed by atoms with E-state index >= 15 is 0 Å². The number of ether oxygens (including phenoxy) is 1. The molecule has 1 aliphatic heterocycles. The summed E-state index contributed by atoms with van der Waals surface area (Å²) < 4.78 is 11.5. The zero-order chi connectivity index (χ0) is 10.9. The zero-order valence-corrected chi connectivity index (χ0v) is 10.1. The summed E-state index contributed by atoms with van der Waals surface area (Å²) in [6, 6.07) is 8.28. The van der Waals surface area contributed by atoms with E-state index in [4.69, 9.17) is 8.92 Å². The van der Waals surface area contributed by atoms with E-state index in [0.29, 0.717) is 5.25 Å². The molecule has 0 saturated carbocycles. The summed E-state index contributed by atoms with van der Waals surface area (Å²) in [5, 5.41) is 0.406. The third-order valence-electron chi connectivity index (χ3n) is 2.54. The van der Waals surface area contributed by atoms with Crippen LogP contribution in [0.25, 0.3) is 0 Å². The predicted octanol–water partition coefficient (Wildman–Crippen LogP) is 3.25. The number of hydrogen-bond donors (Lipinski definition) is 0. The van der Waals surface area contributed by atoms with Gasteiger partial charge in [0.15, 0.2) is 0 Å². The fraction of sp³-hybridized carbons (Fsp3) is 0.500. The highest BCUT2D eigenvalue weighted by atomic mass is 32.2. The second-order valence-corrected chi connectivity index (χ2v) is 5.28. The van der Waals surface area contributed by atoms with E-state index in [1.807, 2.05) is 6.92 Å². The molecule has 1 heterocycles. The van der Waals surface area contributed by atoms with Crippen LogP contribution in [-0.2, 0) is 14.7 Å². The van der Waals surface area contributed by atoms with Crippen LogP contribution in [-0.4, -0.2) is 11.9 Å². The molecule has 1 fully saturated rings. The van der Waals surface area contributed by atoms with Crippen molar-refractivity contribution in [2.24, 2.45) is 0 Å². The number of hydrogen-bond acceptors (Lipinski definition) is 3. The molecule has 0 aromatic heterocycles. The predicted molar refractivity (Wildman–Crippen MR) is 62.6 cm³/mol. The Hall–Kier alpha value is -0.510. The highest BCUT2D eigenvalue weighted by Crippen LogP contribution is 2.37. The first-order chi connectivity index (χ1) is 7.10. The van der Waals surface area contributed by atoms with Gasteiger partial charge in [0.25, 0.3) is 0 Å². The van der Waals surface area contributed by atoms with Gasteiger partial charge in [0.1, 0.15) is 0 Å². The molecule has 15 heavy (non-hydrogen) atoms. The maximum atomic E-state index is 5.76. The molecule has 0 bridgehead atoms. The van der Waals surface area contributed by atoms with E-state index in [2.05, 4.69) is 38.1 Å². The van der Waals surface area contributed by atoms with Crippen molar-refractivity contribution in [1.29, 1.82) is 0 Å². The van der Waals surface area contributed by atoms with Crippen LogP contribution >= 0.6 is 12.0 Å². The molecule has 0 N–H and O–H groups in total. The molecule has 0 amide bonds. The zero-order valence-electron chi connectivity index (χ0n) is 9.32. The van der Waals surface area contributed by atoms with Gasteiger partial charge in [-0.05, 0) is 20.8 Å². The van der Waals surface area contributed by atoms with Crippen molar-refractivity contribution < 1.29 is 8.92 Å². The van der Waals surface area contributed by atoms with Crippen molar-refractivity contribution in [3.8, 4) is 0 Å². The normalized spacial score (nSPS) is 31.5. The Balaban J connectivity index is 2.18. The van der Waals surface area contributed by atoms with Crippen molar-refractivity contribution >= 4 is 12.0 Å². The highest BCUT2D eigenvalue weighted by molar-refractivity contribution is 7.95. The Bertz CT molecular complexity index is 326. The summed E-state index contributed by atoms with van der Waals surface area (Å²) in [5.74, 6) is -0.592. The van der Waals surface area contributed by atoms with Crippen LogP contribution in [0.2, 0.25) is 0 Å². The quantitative estimate of drug-likeness (QED) is 0.682. The summed E-state index contributed by atoms with van der Waals surface area (Å²) >= 11 is 1.50. The Labute approximate surface area is 95.2 Å². The highest BCUT2D eigenvalue weighted by Gasteiger charge is 2.34. The summed E-state index contributed by atoms with van der Waals surface area (Å²) in [7, 11) is 0. The lowest BCUT2D eigenvalue weighted by atomic mass is 10.1. The van der Waals surface area contributed by atoms with Gasteiger partial charge in [0, 0.05) is 17.6 Å². The van der Waals surface area contributed by atoms with Gasteiger partial charge in [0.05, 0.1) is 11.9 Å². The van der Waals surface area contributed by atoms with E-state index < -0.39 is 5.79 Å². The first-order valence-corrected chi connectivity index (χ1v) is 5.96. The van der Waals surface area contributed by atoms with Crippen LogP contribution < -0.4 is 0 Å². The Kier molecular flexibility index (Phi) is 3.05. The Morgan fingerprint density at radius 3 is 2.53 bits per heavy atom. The maximum Gasteiger partial charge on any atom is 0.204 e. The Morgan fingerprint density at radius 1 is 1.33 bits per heavy atom. The monoisotopic (exact) mass is 224 g/mol. The second-order valence-electron chi connectivity index (χ2n) is 4.11. The van der Waals surface area contributed by atoms with Crippen LogP contribution in [0.5, 0.6) is 0 Å². The molecular formula is C12H16O2S. The van der Waals surface area contributed by atoms with Gasteiger partial charge in [-0.2, -0.15) is 0 Å².